The Kier molecular flexibility index (Phi) is 4.57. The number of benzene rings is 2. The minimum atomic E-state index is -0.134. The van der Waals surface area contributed by atoms with Crippen LogP contribution in [0.5, 0.6) is 5.75 Å². The van der Waals surface area contributed by atoms with Gasteiger partial charge in [0.2, 0.25) is 17.7 Å². The van der Waals surface area contributed by atoms with E-state index in [1.54, 1.807) is 26.2 Å². The first-order valence-electron chi connectivity index (χ1n) is 8.89. The first kappa shape index (κ1) is 17.8. The number of H-pyrrole nitrogens is 1. The van der Waals surface area contributed by atoms with E-state index in [2.05, 4.69) is 20.5 Å². The number of fused-ring (bicyclic) bond motifs is 1. The largest absolute Gasteiger partial charge is 0.495 e. The summed E-state index contributed by atoms with van der Waals surface area (Å²) in [6.07, 6.45) is 0.253. The summed E-state index contributed by atoms with van der Waals surface area (Å²) in [6, 6.07) is 13.3. The van der Waals surface area contributed by atoms with Gasteiger partial charge in [0.25, 0.3) is 0 Å². The van der Waals surface area contributed by atoms with Crippen LogP contribution in [0.15, 0.2) is 46.9 Å². The fourth-order valence-corrected chi connectivity index (χ4v) is 3.27. The van der Waals surface area contributed by atoms with E-state index in [1.165, 1.54) is 0 Å². The number of aromatic amines is 1. The van der Waals surface area contributed by atoms with Crippen LogP contribution in [-0.2, 0) is 11.2 Å². The van der Waals surface area contributed by atoms with Crippen molar-refractivity contribution in [2.45, 2.75) is 20.3 Å². The number of aryl methyl sites for hydroxylation is 2. The van der Waals surface area contributed by atoms with Gasteiger partial charge in [-0.25, -0.2) is 0 Å². The Morgan fingerprint density at radius 1 is 1.18 bits per heavy atom. The molecule has 1 amide bonds. The Morgan fingerprint density at radius 2 is 2.00 bits per heavy atom. The van der Waals surface area contributed by atoms with Crippen LogP contribution in [0.2, 0.25) is 0 Å². The molecule has 0 unspecified atom stereocenters. The van der Waals surface area contributed by atoms with Crippen molar-refractivity contribution in [3.63, 3.8) is 0 Å². The Bertz CT molecular complexity index is 1160. The second kappa shape index (κ2) is 7.19. The molecular weight excluding hydrogens is 356 g/mol. The fourth-order valence-electron chi connectivity index (χ4n) is 3.27. The molecule has 0 aliphatic heterocycles. The van der Waals surface area contributed by atoms with Crippen LogP contribution in [0.3, 0.4) is 0 Å². The van der Waals surface area contributed by atoms with Crippen LogP contribution in [0, 0.1) is 13.8 Å². The number of carbonyl (C=O) groups excluding carboxylic acids is 1. The van der Waals surface area contributed by atoms with Crippen LogP contribution in [0.25, 0.3) is 22.4 Å². The zero-order chi connectivity index (χ0) is 19.7. The molecule has 2 heterocycles. The van der Waals surface area contributed by atoms with E-state index in [0.717, 1.165) is 22.2 Å². The zero-order valence-electron chi connectivity index (χ0n) is 15.9. The third kappa shape index (κ3) is 3.34. The van der Waals surface area contributed by atoms with Gasteiger partial charge >= 0.3 is 0 Å². The summed E-state index contributed by atoms with van der Waals surface area (Å²) in [5.41, 5.74) is 4.25. The van der Waals surface area contributed by atoms with Gasteiger partial charge in [-0.1, -0.05) is 18.2 Å². The average Bonchev–Trinajstić information content (AvgIpc) is 3.25. The number of carbonyl (C=O) groups is 1. The van der Waals surface area contributed by atoms with Gasteiger partial charge in [-0.05, 0) is 36.8 Å². The van der Waals surface area contributed by atoms with Gasteiger partial charge in [0, 0.05) is 29.1 Å². The number of para-hydroxylation sites is 1. The van der Waals surface area contributed by atoms with Gasteiger partial charge in [0.05, 0.1) is 19.2 Å². The zero-order valence-corrected chi connectivity index (χ0v) is 15.9. The van der Waals surface area contributed by atoms with Gasteiger partial charge in [0.15, 0.2) is 0 Å². The number of methoxy groups -OCH3 is 1. The molecule has 0 saturated heterocycles. The molecular formula is C21H20N4O3. The van der Waals surface area contributed by atoms with Crippen LogP contribution in [0.4, 0.5) is 5.69 Å². The van der Waals surface area contributed by atoms with E-state index in [-0.39, 0.29) is 12.3 Å². The van der Waals surface area contributed by atoms with Crippen LogP contribution in [-0.4, -0.2) is 28.2 Å². The number of rotatable bonds is 5. The SMILES string of the molecule is COc1ccc(-c2nnc(C)o2)cc1NC(=O)Cc1c(C)[nH]c2ccccc12. The molecule has 7 nitrogen and oxygen atoms in total. The molecule has 142 valence electrons. The first-order valence-corrected chi connectivity index (χ1v) is 8.89. The van der Waals surface area contributed by atoms with Gasteiger partial charge in [0.1, 0.15) is 5.75 Å². The van der Waals surface area contributed by atoms with E-state index < -0.39 is 0 Å². The summed E-state index contributed by atoms with van der Waals surface area (Å²) in [7, 11) is 1.56. The Hall–Kier alpha value is -3.61. The fraction of sp³-hybridized carbons (Fsp3) is 0.190. The second-order valence-corrected chi connectivity index (χ2v) is 6.54. The van der Waals surface area contributed by atoms with Crippen LogP contribution in [0.1, 0.15) is 17.1 Å². The molecule has 7 heteroatoms. The maximum Gasteiger partial charge on any atom is 0.247 e. The number of ether oxygens (including phenoxy) is 1. The summed E-state index contributed by atoms with van der Waals surface area (Å²) >= 11 is 0. The monoisotopic (exact) mass is 376 g/mol. The molecule has 2 N–H and O–H groups in total. The number of hydrogen-bond donors (Lipinski definition) is 2. The van der Waals surface area contributed by atoms with E-state index in [4.69, 9.17) is 9.15 Å². The van der Waals surface area contributed by atoms with Crippen molar-refractivity contribution >= 4 is 22.5 Å². The van der Waals surface area contributed by atoms with Crippen molar-refractivity contribution in [3.8, 4) is 17.2 Å². The Labute approximate surface area is 161 Å². The number of nitrogens with zero attached hydrogens (tertiary/aromatic N) is 2. The molecule has 2 aromatic heterocycles. The lowest BCUT2D eigenvalue weighted by Gasteiger charge is -2.11. The van der Waals surface area contributed by atoms with Gasteiger partial charge in [-0.2, -0.15) is 0 Å². The molecule has 4 aromatic rings. The first-order chi connectivity index (χ1) is 13.5. The van der Waals surface area contributed by atoms with Gasteiger partial charge in [-0.3, -0.25) is 4.79 Å². The highest BCUT2D eigenvalue weighted by molar-refractivity contribution is 5.97. The quantitative estimate of drug-likeness (QED) is 0.549. The highest BCUT2D eigenvalue weighted by Crippen LogP contribution is 2.30. The molecule has 4 rings (SSSR count). The minimum Gasteiger partial charge on any atom is -0.495 e. The molecule has 0 spiro atoms. The highest BCUT2D eigenvalue weighted by atomic mass is 16.5. The lowest BCUT2D eigenvalue weighted by atomic mass is 10.1. The van der Waals surface area contributed by atoms with Gasteiger partial charge in [-0.15, -0.1) is 10.2 Å². The van der Waals surface area contributed by atoms with Crippen LogP contribution >= 0.6 is 0 Å². The third-order valence-electron chi connectivity index (χ3n) is 4.61. The van der Waals surface area contributed by atoms with Crippen molar-refractivity contribution in [3.05, 3.63) is 59.6 Å². The van der Waals surface area contributed by atoms with E-state index >= 15 is 0 Å². The number of aromatic nitrogens is 3. The summed E-state index contributed by atoms with van der Waals surface area (Å²) in [5, 5.41) is 11.9. The molecule has 0 fully saturated rings. The standard InChI is InChI=1S/C21H20N4O3/c1-12-16(15-6-4-5-7-17(15)22-12)11-20(26)23-18-10-14(8-9-19(18)27-3)21-25-24-13(2)28-21/h4-10,22H,11H2,1-3H3,(H,23,26). The molecule has 2 aromatic carbocycles. The van der Waals surface area contributed by atoms with Crippen molar-refractivity contribution in [2.75, 3.05) is 12.4 Å². The predicted molar refractivity (Wildman–Crippen MR) is 106 cm³/mol. The topological polar surface area (TPSA) is 93.0 Å². The van der Waals surface area contributed by atoms with E-state index in [1.807, 2.05) is 37.3 Å². The molecule has 0 atom stereocenters. The molecule has 0 aliphatic carbocycles. The van der Waals surface area contributed by atoms with Crippen molar-refractivity contribution in [2.24, 2.45) is 0 Å². The number of anilines is 1. The molecule has 0 bridgehead atoms. The lowest BCUT2D eigenvalue weighted by molar-refractivity contribution is -0.115. The maximum atomic E-state index is 12.8. The maximum absolute atomic E-state index is 12.8. The predicted octanol–water partition coefficient (Wildman–Crippen LogP) is 4.02. The average molecular weight is 376 g/mol. The summed E-state index contributed by atoms with van der Waals surface area (Å²) in [4.78, 5) is 16.1. The number of hydrogen-bond acceptors (Lipinski definition) is 5. The van der Waals surface area contributed by atoms with Crippen molar-refractivity contribution in [1.82, 2.24) is 15.2 Å². The van der Waals surface area contributed by atoms with Gasteiger partial charge < -0.3 is 19.5 Å². The number of amides is 1. The number of nitrogens with one attached hydrogen (secondary N) is 2. The van der Waals surface area contributed by atoms with E-state index in [0.29, 0.717) is 28.8 Å². The molecule has 0 radical (unpaired) electrons. The minimum absolute atomic E-state index is 0.134. The van der Waals surface area contributed by atoms with Crippen LogP contribution < -0.4 is 10.1 Å². The molecule has 28 heavy (non-hydrogen) atoms. The van der Waals surface area contributed by atoms with Crippen molar-refractivity contribution in [1.29, 1.82) is 0 Å². The molecule has 0 saturated carbocycles. The smallest absolute Gasteiger partial charge is 0.247 e. The summed E-state index contributed by atoms with van der Waals surface area (Å²) < 4.78 is 10.9. The lowest BCUT2D eigenvalue weighted by Crippen LogP contribution is -2.15. The summed E-state index contributed by atoms with van der Waals surface area (Å²) in [5.74, 6) is 1.29. The molecule has 0 aliphatic rings. The normalized spacial score (nSPS) is 11.0. The third-order valence-corrected chi connectivity index (χ3v) is 4.61. The van der Waals surface area contributed by atoms with Crippen molar-refractivity contribution < 1.29 is 13.9 Å². The second-order valence-electron chi connectivity index (χ2n) is 6.54. The summed E-state index contributed by atoms with van der Waals surface area (Å²) in [6.45, 7) is 3.70. The van der Waals surface area contributed by atoms with E-state index in [9.17, 15) is 4.79 Å². The Morgan fingerprint density at radius 3 is 2.75 bits per heavy atom. The highest BCUT2D eigenvalue weighted by Gasteiger charge is 2.16. The Balaban J connectivity index is 1.60.